The van der Waals surface area contributed by atoms with Gasteiger partial charge in [0.25, 0.3) is 11.4 Å². The number of fused-ring (bicyclic) bond motifs is 4. The van der Waals surface area contributed by atoms with Crippen LogP contribution in [0.5, 0.6) is 5.75 Å². The van der Waals surface area contributed by atoms with Crippen molar-refractivity contribution < 1.29 is 14.6 Å². The minimum absolute atomic E-state index is 0.0123. The minimum atomic E-state index is -0.756. The van der Waals surface area contributed by atoms with Crippen LogP contribution in [0.1, 0.15) is 31.9 Å². The van der Waals surface area contributed by atoms with E-state index in [1.165, 1.54) is 18.2 Å². The molecule has 1 atom stereocenters. The first-order valence-corrected chi connectivity index (χ1v) is 8.18. The van der Waals surface area contributed by atoms with Crippen molar-refractivity contribution >= 4 is 17.1 Å². The SMILES string of the molecule is CC1(C)c2cc([N+](=O)[O-])ccc2N2Cc3cc([N+](=O)[O-])ccc3O[C@@]21C. The van der Waals surface area contributed by atoms with E-state index in [0.717, 1.165) is 16.8 Å². The second-order valence-corrected chi connectivity index (χ2v) is 7.30. The fourth-order valence-electron chi connectivity index (χ4n) is 3.90. The van der Waals surface area contributed by atoms with Crippen molar-refractivity contribution in [1.29, 1.82) is 0 Å². The maximum atomic E-state index is 11.2. The molecule has 2 aromatic rings. The molecule has 134 valence electrons. The Bertz CT molecular complexity index is 971. The Hall–Kier alpha value is -3.16. The summed E-state index contributed by atoms with van der Waals surface area (Å²) in [6, 6.07) is 9.37. The van der Waals surface area contributed by atoms with Crippen molar-refractivity contribution in [2.75, 3.05) is 4.90 Å². The van der Waals surface area contributed by atoms with Crippen LogP contribution in [0.3, 0.4) is 0 Å². The molecule has 0 fully saturated rings. The van der Waals surface area contributed by atoms with Crippen molar-refractivity contribution in [2.45, 2.75) is 38.5 Å². The first kappa shape index (κ1) is 16.3. The van der Waals surface area contributed by atoms with Gasteiger partial charge in [-0.05, 0) is 38.5 Å². The highest BCUT2D eigenvalue weighted by Gasteiger charge is 2.58. The van der Waals surface area contributed by atoms with Gasteiger partial charge in [-0.25, -0.2) is 0 Å². The zero-order chi connectivity index (χ0) is 18.9. The Labute approximate surface area is 149 Å². The van der Waals surface area contributed by atoms with Gasteiger partial charge < -0.3 is 9.64 Å². The van der Waals surface area contributed by atoms with Gasteiger partial charge in [0.1, 0.15) is 5.75 Å². The summed E-state index contributed by atoms with van der Waals surface area (Å²) in [6.45, 7) is 6.36. The zero-order valence-electron chi connectivity index (χ0n) is 14.6. The van der Waals surface area contributed by atoms with Gasteiger partial charge in [0, 0.05) is 35.5 Å². The molecule has 8 heteroatoms. The number of hydrogen-bond donors (Lipinski definition) is 0. The van der Waals surface area contributed by atoms with Crippen molar-refractivity contribution in [1.82, 2.24) is 0 Å². The lowest BCUT2D eigenvalue weighted by Gasteiger charge is -2.48. The molecule has 26 heavy (non-hydrogen) atoms. The molecule has 0 spiro atoms. The number of non-ortho nitro benzene ring substituents is 2. The van der Waals surface area contributed by atoms with Gasteiger partial charge in [-0.3, -0.25) is 20.2 Å². The van der Waals surface area contributed by atoms with E-state index in [1.54, 1.807) is 18.2 Å². The predicted molar refractivity (Wildman–Crippen MR) is 94.4 cm³/mol. The molecule has 0 radical (unpaired) electrons. The molecule has 8 nitrogen and oxygen atoms in total. The molecular weight excluding hydrogens is 338 g/mol. The average Bonchev–Trinajstić information content (AvgIpc) is 2.75. The van der Waals surface area contributed by atoms with E-state index in [4.69, 9.17) is 4.74 Å². The maximum absolute atomic E-state index is 11.2. The molecule has 2 aliphatic heterocycles. The molecular formula is C18H17N3O5. The van der Waals surface area contributed by atoms with Gasteiger partial charge in [-0.15, -0.1) is 0 Å². The number of rotatable bonds is 2. The number of anilines is 1. The Kier molecular flexibility index (Phi) is 3.10. The van der Waals surface area contributed by atoms with E-state index in [9.17, 15) is 20.2 Å². The van der Waals surface area contributed by atoms with Crippen LogP contribution >= 0.6 is 0 Å². The molecule has 2 aromatic carbocycles. The van der Waals surface area contributed by atoms with Crippen LogP contribution in [-0.4, -0.2) is 15.6 Å². The lowest BCUT2D eigenvalue weighted by molar-refractivity contribution is -0.385. The normalized spacial score (nSPS) is 22.0. The largest absolute Gasteiger partial charge is 0.467 e. The van der Waals surface area contributed by atoms with Crippen molar-refractivity contribution in [3.63, 3.8) is 0 Å². The fourth-order valence-corrected chi connectivity index (χ4v) is 3.90. The maximum Gasteiger partial charge on any atom is 0.270 e. The topological polar surface area (TPSA) is 98.8 Å². The van der Waals surface area contributed by atoms with E-state index in [-0.39, 0.29) is 11.4 Å². The van der Waals surface area contributed by atoms with Crippen LogP contribution in [0.4, 0.5) is 17.1 Å². The summed E-state index contributed by atoms with van der Waals surface area (Å²) < 4.78 is 6.31. The Balaban J connectivity index is 1.87. The first-order valence-electron chi connectivity index (χ1n) is 8.18. The molecule has 0 unspecified atom stereocenters. The molecule has 0 N–H and O–H groups in total. The van der Waals surface area contributed by atoms with Gasteiger partial charge in [0.15, 0.2) is 5.72 Å². The molecule has 2 heterocycles. The standard InChI is InChI=1S/C18H17N3O5/c1-17(2)14-9-13(21(24)25)4-6-15(14)19-10-11-8-12(20(22)23)5-7-16(11)26-18(17,19)3/h4-9H,10H2,1-3H3/t18-/m1/s1. The summed E-state index contributed by atoms with van der Waals surface area (Å²) >= 11 is 0. The lowest BCUT2D eigenvalue weighted by Crippen LogP contribution is -2.59. The van der Waals surface area contributed by atoms with Gasteiger partial charge in [0.2, 0.25) is 0 Å². The summed E-state index contributed by atoms with van der Waals surface area (Å²) in [6.07, 6.45) is 0. The highest BCUT2D eigenvalue weighted by molar-refractivity contribution is 5.70. The smallest absolute Gasteiger partial charge is 0.270 e. The Morgan fingerprint density at radius 3 is 2.27 bits per heavy atom. The summed E-state index contributed by atoms with van der Waals surface area (Å²) in [5.74, 6) is 0.602. The monoisotopic (exact) mass is 355 g/mol. The van der Waals surface area contributed by atoms with E-state index >= 15 is 0 Å². The van der Waals surface area contributed by atoms with Gasteiger partial charge in [0.05, 0.1) is 21.8 Å². The summed E-state index contributed by atoms with van der Waals surface area (Å²) in [7, 11) is 0. The molecule has 0 aromatic heterocycles. The molecule has 0 aliphatic carbocycles. The Morgan fingerprint density at radius 1 is 1.00 bits per heavy atom. The number of ether oxygens (including phenoxy) is 1. The molecule has 4 rings (SSSR count). The Morgan fingerprint density at radius 2 is 1.62 bits per heavy atom. The number of nitro benzene ring substituents is 2. The quantitative estimate of drug-likeness (QED) is 0.598. The number of hydrogen-bond acceptors (Lipinski definition) is 6. The highest BCUT2D eigenvalue weighted by atomic mass is 16.6. The second-order valence-electron chi connectivity index (χ2n) is 7.30. The third kappa shape index (κ3) is 1.95. The van der Waals surface area contributed by atoms with Gasteiger partial charge in [-0.2, -0.15) is 0 Å². The van der Waals surface area contributed by atoms with E-state index < -0.39 is 21.0 Å². The van der Waals surface area contributed by atoms with E-state index in [1.807, 2.05) is 25.7 Å². The summed E-state index contributed by atoms with van der Waals surface area (Å²) in [4.78, 5) is 23.4. The molecule has 0 amide bonds. The minimum Gasteiger partial charge on any atom is -0.467 e. The van der Waals surface area contributed by atoms with E-state index in [0.29, 0.717) is 12.3 Å². The zero-order valence-corrected chi connectivity index (χ0v) is 14.6. The second kappa shape index (κ2) is 4.94. The molecule has 0 saturated carbocycles. The third-order valence-corrected chi connectivity index (χ3v) is 5.72. The summed E-state index contributed by atoms with van der Waals surface area (Å²) in [5.41, 5.74) is 1.17. The van der Waals surface area contributed by atoms with Gasteiger partial charge >= 0.3 is 0 Å². The molecule has 2 aliphatic rings. The van der Waals surface area contributed by atoms with Crippen LogP contribution in [-0.2, 0) is 12.0 Å². The number of nitro groups is 2. The summed E-state index contributed by atoms with van der Waals surface area (Å²) in [5, 5.41) is 22.3. The van der Waals surface area contributed by atoms with Crippen LogP contribution < -0.4 is 9.64 Å². The number of nitrogens with zero attached hydrogens (tertiary/aromatic N) is 3. The van der Waals surface area contributed by atoms with Crippen molar-refractivity contribution in [3.05, 3.63) is 67.8 Å². The molecule has 0 bridgehead atoms. The van der Waals surface area contributed by atoms with Crippen molar-refractivity contribution in [3.8, 4) is 5.75 Å². The first-order chi connectivity index (χ1) is 12.1. The van der Waals surface area contributed by atoms with Crippen LogP contribution in [0.2, 0.25) is 0 Å². The predicted octanol–water partition coefficient (Wildman–Crippen LogP) is 3.91. The van der Waals surface area contributed by atoms with E-state index in [2.05, 4.69) is 0 Å². The average molecular weight is 355 g/mol. The van der Waals surface area contributed by atoms with Crippen LogP contribution in [0.15, 0.2) is 36.4 Å². The van der Waals surface area contributed by atoms with Crippen molar-refractivity contribution in [2.24, 2.45) is 0 Å². The molecule has 0 saturated heterocycles. The fraction of sp³-hybridized carbons (Fsp3) is 0.333. The lowest BCUT2D eigenvalue weighted by atomic mass is 9.78. The van der Waals surface area contributed by atoms with Gasteiger partial charge in [-0.1, -0.05) is 0 Å². The third-order valence-electron chi connectivity index (χ3n) is 5.72. The highest BCUT2D eigenvalue weighted by Crippen LogP contribution is 2.56. The van der Waals surface area contributed by atoms with Crippen LogP contribution in [0, 0.1) is 20.2 Å². The van der Waals surface area contributed by atoms with Crippen LogP contribution in [0.25, 0.3) is 0 Å². The number of benzene rings is 2.